The van der Waals surface area contributed by atoms with E-state index in [4.69, 9.17) is 9.47 Å². The number of rotatable bonds is 2. The van der Waals surface area contributed by atoms with Gasteiger partial charge in [0.2, 0.25) is 0 Å². The lowest BCUT2D eigenvalue weighted by atomic mass is 9.99. The van der Waals surface area contributed by atoms with Crippen LogP contribution in [-0.4, -0.2) is 69.3 Å². The maximum Gasteiger partial charge on any atom is 0.251 e. The minimum absolute atomic E-state index is 0.0572. The molecule has 0 spiro atoms. The van der Waals surface area contributed by atoms with Gasteiger partial charge in [-0.15, -0.1) is 0 Å². The van der Waals surface area contributed by atoms with Crippen molar-refractivity contribution in [1.29, 1.82) is 0 Å². The van der Waals surface area contributed by atoms with Crippen LogP contribution in [0.25, 0.3) is 0 Å². The predicted molar refractivity (Wildman–Crippen MR) is 122 cm³/mol. The molecule has 2 heterocycles. The van der Waals surface area contributed by atoms with E-state index in [1.807, 2.05) is 36.4 Å². The number of likely N-dealkylation sites (tertiary alicyclic amines) is 1. The molecule has 0 atom stereocenters. The lowest BCUT2D eigenvalue weighted by molar-refractivity contribution is 0.0865. The van der Waals surface area contributed by atoms with Gasteiger partial charge >= 0.3 is 0 Å². The monoisotopic (exact) mass is 437 g/mol. The SMILES string of the molecule is CN1CCC(NC(=O)c2ccc3c(c2)Cc2cccc(c2)C(=O)NCCOCCO3)CC1. The topological polar surface area (TPSA) is 79.9 Å². The normalized spacial score (nSPS) is 18.6. The second kappa shape index (κ2) is 10.6. The Bertz CT molecular complexity index is 954. The molecule has 2 aromatic rings. The van der Waals surface area contributed by atoms with Gasteiger partial charge in [-0.1, -0.05) is 12.1 Å². The highest BCUT2D eigenvalue weighted by Gasteiger charge is 2.20. The summed E-state index contributed by atoms with van der Waals surface area (Å²) in [5, 5.41) is 6.05. The third kappa shape index (κ3) is 5.87. The molecule has 2 aromatic carbocycles. The fraction of sp³-hybridized carbons (Fsp3) is 0.440. The van der Waals surface area contributed by atoms with Crippen molar-refractivity contribution in [3.8, 4) is 5.75 Å². The Balaban J connectivity index is 1.56. The van der Waals surface area contributed by atoms with E-state index >= 15 is 0 Å². The molecule has 2 amide bonds. The van der Waals surface area contributed by atoms with Gasteiger partial charge in [-0.05, 0) is 74.4 Å². The molecule has 0 radical (unpaired) electrons. The smallest absolute Gasteiger partial charge is 0.251 e. The van der Waals surface area contributed by atoms with Gasteiger partial charge in [-0.2, -0.15) is 0 Å². The van der Waals surface area contributed by atoms with Crippen molar-refractivity contribution in [2.45, 2.75) is 25.3 Å². The standard InChI is InChI=1S/C25H31N3O4/c1-28-10-7-22(8-11-28)27-25(30)20-5-6-23-21(17-20)16-18-3-2-4-19(15-18)24(29)26-9-12-31-13-14-32-23/h2-6,15,17,22H,7-14,16H2,1H3,(H,26,29)(H,27,30). The van der Waals surface area contributed by atoms with E-state index < -0.39 is 0 Å². The van der Waals surface area contributed by atoms with Crippen LogP contribution in [0.5, 0.6) is 5.75 Å². The Kier molecular flexibility index (Phi) is 7.39. The van der Waals surface area contributed by atoms with E-state index in [-0.39, 0.29) is 17.9 Å². The van der Waals surface area contributed by atoms with Gasteiger partial charge in [0.15, 0.2) is 0 Å². The van der Waals surface area contributed by atoms with Crippen LogP contribution < -0.4 is 15.4 Å². The van der Waals surface area contributed by atoms with E-state index in [1.165, 1.54) is 0 Å². The number of ether oxygens (including phenoxy) is 2. The largest absolute Gasteiger partial charge is 0.491 e. The first-order valence-electron chi connectivity index (χ1n) is 11.3. The summed E-state index contributed by atoms with van der Waals surface area (Å²) in [4.78, 5) is 27.6. The molecule has 7 nitrogen and oxygen atoms in total. The van der Waals surface area contributed by atoms with E-state index in [0.717, 1.165) is 42.8 Å². The Morgan fingerprint density at radius 1 is 1.09 bits per heavy atom. The van der Waals surface area contributed by atoms with Gasteiger partial charge in [0.1, 0.15) is 12.4 Å². The maximum absolute atomic E-state index is 12.9. The van der Waals surface area contributed by atoms with Crippen molar-refractivity contribution < 1.29 is 19.1 Å². The summed E-state index contributed by atoms with van der Waals surface area (Å²) in [5.74, 6) is 0.560. The summed E-state index contributed by atoms with van der Waals surface area (Å²) in [5.41, 5.74) is 3.13. The van der Waals surface area contributed by atoms with Crippen molar-refractivity contribution in [2.24, 2.45) is 0 Å². The fourth-order valence-electron chi connectivity index (χ4n) is 4.12. The third-order valence-electron chi connectivity index (χ3n) is 5.98. The van der Waals surface area contributed by atoms with Crippen LogP contribution in [0, 0.1) is 0 Å². The van der Waals surface area contributed by atoms with Crippen molar-refractivity contribution in [1.82, 2.24) is 15.5 Å². The predicted octanol–water partition coefficient (Wildman–Crippen LogP) is 2.24. The first kappa shape index (κ1) is 22.3. The Morgan fingerprint density at radius 2 is 1.94 bits per heavy atom. The summed E-state index contributed by atoms with van der Waals surface area (Å²) < 4.78 is 11.5. The zero-order valence-electron chi connectivity index (χ0n) is 18.6. The van der Waals surface area contributed by atoms with Gasteiger partial charge in [-0.3, -0.25) is 9.59 Å². The Labute approximate surface area is 189 Å². The van der Waals surface area contributed by atoms with Gasteiger partial charge in [0.05, 0.1) is 13.2 Å². The van der Waals surface area contributed by atoms with Crippen LogP contribution >= 0.6 is 0 Å². The number of fused-ring (bicyclic) bond motifs is 3. The average molecular weight is 438 g/mol. The van der Waals surface area contributed by atoms with Gasteiger partial charge in [0.25, 0.3) is 11.8 Å². The molecule has 2 aliphatic heterocycles. The van der Waals surface area contributed by atoms with Crippen molar-refractivity contribution >= 4 is 11.8 Å². The Morgan fingerprint density at radius 3 is 2.78 bits per heavy atom. The molecule has 0 aromatic heterocycles. The molecule has 32 heavy (non-hydrogen) atoms. The highest BCUT2D eigenvalue weighted by atomic mass is 16.5. The lowest BCUT2D eigenvalue weighted by Gasteiger charge is -2.29. The van der Waals surface area contributed by atoms with E-state index in [9.17, 15) is 9.59 Å². The average Bonchev–Trinajstić information content (AvgIpc) is 2.80. The number of benzene rings is 2. The molecule has 2 aliphatic rings. The van der Waals surface area contributed by atoms with E-state index in [2.05, 4.69) is 22.6 Å². The molecule has 0 aliphatic carbocycles. The number of hydrogen-bond acceptors (Lipinski definition) is 5. The maximum atomic E-state index is 12.9. The van der Waals surface area contributed by atoms with Crippen LogP contribution in [0.15, 0.2) is 42.5 Å². The summed E-state index contributed by atoms with van der Waals surface area (Å²) in [6, 6.07) is 13.3. The summed E-state index contributed by atoms with van der Waals surface area (Å²) >= 11 is 0. The number of carbonyl (C=O) groups is 2. The third-order valence-corrected chi connectivity index (χ3v) is 5.98. The number of piperidine rings is 1. The molecule has 170 valence electrons. The minimum Gasteiger partial charge on any atom is -0.491 e. The molecule has 4 rings (SSSR count). The molecule has 0 unspecified atom stereocenters. The van der Waals surface area contributed by atoms with Crippen LogP contribution in [-0.2, 0) is 11.2 Å². The summed E-state index contributed by atoms with van der Waals surface area (Å²) in [6.07, 6.45) is 2.49. The number of nitrogens with zero attached hydrogens (tertiary/aromatic N) is 1. The second-order valence-corrected chi connectivity index (χ2v) is 8.47. The van der Waals surface area contributed by atoms with Crippen molar-refractivity contribution in [2.75, 3.05) is 46.5 Å². The molecule has 2 bridgehead atoms. The van der Waals surface area contributed by atoms with E-state index in [1.54, 1.807) is 6.07 Å². The molecular formula is C25H31N3O4. The molecule has 7 heteroatoms. The van der Waals surface area contributed by atoms with Crippen LogP contribution in [0.2, 0.25) is 0 Å². The number of hydrogen-bond donors (Lipinski definition) is 2. The second-order valence-electron chi connectivity index (χ2n) is 8.47. The first-order valence-corrected chi connectivity index (χ1v) is 11.3. The Hall–Kier alpha value is -2.90. The van der Waals surface area contributed by atoms with Gasteiger partial charge in [0, 0.05) is 30.1 Å². The zero-order chi connectivity index (χ0) is 22.3. The lowest BCUT2D eigenvalue weighted by Crippen LogP contribution is -2.43. The molecule has 1 saturated heterocycles. The quantitative estimate of drug-likeness (QED) is 0.753. The molecule has 2 N–H and O–H groups in total. The minimum atomic E-state index is -0.116. The molecule has 1 fully saturated rings. The van der Waals surface area contributed by atoms with Gasteiger partial charge in [-0.25, -0.2) is 0 Å². The highest BCUT2D eigenvalue weighted by Crippen LogP contribution is 2.24. The zero-order valence-corrected chi connectivity index (χ0v) is 18.6. The number of carbonyl (C=O) groups excluding carboxylic acids is 2. The van der Waals surface area contributed by atoms with Crippen LogP contribution in [0.4, 0.5) is 0 Å². The fourth-order valence-corrected chi connectivity index (χ4v) is 4.12. The number of amides is 2. The first-order chi connectivity index (χ1) is 15.6. The van der Waals surface area contributed by atoms with Crippen LogP contribution in [0.1, 0.15) is 44.7 Å². The molecular weight excluding hydrogens is 406 g/mol. The summed E-state index contributed by atoms with van der Waals surface area (Å²) in [6.45, 7) is 3.71. The van der Waals surface area contributed by atoms with Gasteiger partial charge < -0.3 is 25.0 Å². The van der Waals surface area contributed by atoms with Crippen molar-refractivity contribution in [3.63, 3.8) is 0 Å². The van der Waals surface area contributed by atoms with Crippen LogP contribution in [0.3, 0.4) is 0 Å². The number of nitrogens with one attached hydrogen (secondary N) is 2. The van der Waals surface area contributed by atoms with E-state index in [0.29, 0.717) is 43.9 Å². The summed E-state index contributed by atoms with van der Waals surface area (Å²) in [7, 11) is 2.11. The highest BCUT2D eigenvalue weighted by molar-refractivity contribution is 5.95. The van der Waals surface area contributed by atoms with Crippen molar-refractivity contribution in [3.05, 3.63) is 64.7 Å². The molecule has 0 saturated carbocycles.